The van der Waals surface area contributed by atoms with Crippen LogP contribution in [0, 0.1) is 0 Å². The summed E-state index contributed by atoms with van der Waals surface area (Å²) in [5, 5.41) is 11.8. The number of thiophene rings is 1. The highest BCUT2D eigenvalue weighted by Gasteiger charge is 2.13. The normalized spacial score (nSPS) is 12.8. The first-order valence-electron chi connectivity index (χ1n) is 6.59. The highest BCUT2D eigenvalue weighted by atomic mass is 32.2. The summed E-state index contributed by atoms with van der Waals surface area (Å²) in [4.78, 5) is 13.0. The molecule has 0 radical (unpaired) electrons. The molecular weight excluding hydrogens is 322 g/mol. The van der Waals surface area contributed by atoms with Gasteiger partial charge >= 0.3 is 0 Å². The van der Waals surface area contributed by atoms with E-state index in [1.165, 1.54) is 23.8 Å². The number of primary sulfonamides is 1. The molecule has 8 heteroatoms. The summed E-state index contributed by atoms with van der Waals surface area (Å²) in [6.45, 7) is 1.05. The van der Waals surface area contributed by atoms with Crippen LogP contribution in [0.3, 0.4) is 0 Å². The SMILES string of the molecule is C[NH+](CC(=O)Nc1cccc(S(N)(=O)=O)c1)Cc1ccsc1. The molecule has 0 saturated carbocycles. The predicted molar refractivity (Wildman–Crippen MR) is 86.2 cm³/mol. The van der Waals surface area contributed by atoms with E-state index in [1.807, 2.05) is 18.5 Å². The molecule has 118 valence electrons. The van der Waals surface area contributed by atoms with Crippen LogP contribution >= 0.6 is 11.3 Å². The van der Waals surface area contributed by atoms with Gasteiger partial charge in [0.1, 0.15) is 6.54 Å². The summed E-state index contributed by atoms with van der Waals surface area (Å²) in [6.07, 6.45) is 0. The molecule has 1 heterocycles. The van der Waals surface area contributed by atoms with Gasteiger partial charge in [0.25, 0.3) is 5.91 Å². The number of carbonyl (C=O) groups excluding carboxylic acids is 1. The molecule has 0 aliphatic rings. The molecule has 1 aromatic heterocycles. The van der Waals surface area contributed by atoms with Crippen LogP contribution < -0.4 is 15.4 Å². The Labute approximate surface area is 133 Å². The van der Waals surface area contributed by atoms with Gasteiger partial charge in [-0.05, 0) is 35.0 Å². The number of hydrogen-bond acceptors (Lipinski definition) is 4. The number of benzene rings is 1. The summed E-state index contributed by atoms with van der Waals surface area (Å²) in [6, 6.07) is 7.93. The zero-order valence-electron chi connectivity index (χ0n) is 12.1. The average molecular weight is 340 g/mol. The van der Waals surface area contributed by atoms with Gasteiger partial charge in [-0.15, -0.1) is 0 Å². The molecular formula is C14H18N3O3S2+. The lowest BCUT2D eigenvalue weighted by atomic mass is 10.3. The molecule has 0 spiro atoms. The van der Waals surface area contributed by atoms with E-state index >= 15 is 0 Å². The van der Waals surface area contributed by atoms with Crippen molar-refractivity contribution in [3.8, 4) is 0 Å². The molecule has 0 fully saturated rings. The van der Waals surface area contributed by atoms with Crippen molar-refractivity contribution in [3.05, 3.63) is 46.7 Å². The van der Waals surface area contributed by atoms with Crippen LogP contribution in [-0.2, 0) is 21.4 Å². The van der Waals surface area contributed by atoms with Gasteiger partial charge in [0.05, 0.1) is 11.9 Å². The molecule has 4 N–H and O–H groups in total. The van der Waals surface area contributed by atoms with E-state index in [-0.39, 0.29) is 17.3 Å². The second-order valence-electron chi connectivity index (χ2n) is 5.06. The third-order valence-electron chi connectivity index (χ3n) is 2.99. The first-order chi connectivity index (χ1) is 10.3. The standard InChI is InChI=1S/C14H17N3O3S2/c1-17(8-11-5-6-21-10-11)9-14(18)16-12-3-2-4-13(7-12)22(15,19)20/h2-7,10H,8-9H2,1H3,(H,16,18)(H2,15,19,20)/p+1. The minimum absolute atomic E-state index is 0.0238. The third-order valence-corrected chi connectivity index (χ3v) is 4.64. The van der Waals surface area contributed by atoms with Crippen molar-refractivity contribution in [2.75, 3.05) is 18.9 Å². The Kier molecular flexibility index (Phi) is 5.30. The lowest BCUT2D eigenvalue weighted by Gasteiger charge is -2.13. The molecule has 0 aliphatic heterocycles. The van der Waals surface area contributed by atoms with E-state index < -0.39 is 10.0 Å². The van der Waals surface area contributed by atoms with Gasteiger partial charge in [-0.3, -0.25) is 4.79 Å². The van der Waals surface area contributed by atoms with E-state index in [2.05, 4.69) is 10.7 Å². The number of sulfonamides is 1. The lowest BCUT2D eigenvalue weighted by molar-refractivity contribution is -0.885. The number of rotatable bonds is 6. The van der Waals surface area contributed by atoms with Gasteiger partial charge in [0, 0.05) is 11.3 Å². The van der Waals surface area contributed by atoms with Crippen LogP contribution in [0.4, 0.5) is 5.69 Å². The molecule has 22 heavy (non-hydrogen) atoms. The van der Waals surface area contributed by atoms with Gasteiger partial charge in [0.15, 0.2) is 6.54 Å². The fourth-order valence-corrected chi connectivity index (χ4v) is 3.26. The van der Waals surface area contributed by atoms with E-state index in [4.69, 9.17) is 5.14 Å². The highest BCUT2D eigenvalue weighted by molar-refractivity contribution is 7.89. The van der Waals surface area contributed by atoms with Gasteiger partial charge in [-0.25, -0.2) is 13.6 Å². The summed E-state index contributed by atoms with van der Waals surface area (Å²) in [7, 11) is -1.85. The Balaban J connectivity index is 1.94. The van der Waals surface area contributed by atoms with Crippen molar-refractivity contribution in [1.29, 1.82) is 0 Å². The molecule has 0 bridgehead atoms. The van der Waals surface area contributed by atoms with Crippen molar-refractivity contribution < 1.29 is 18.1 Å². The molecule has 1 aromatic carbocycles. The topological polar surface area (TPSA) is 93.7 Å². The molecule has 2 aromatic rings. The van der Waals surface area contributed by atoms with E-state index in [1.54, 1.807) is 17.4 Å². The number of quaternary nitrogens is 1. The number of anilines is 1. The number of nitrogens with two attached hydrogens (primary N) is 1. The molecule has 0 saturated heterocycles. The van der Waals surface area contributed by atoms with Gasteiger partial charge < -0.3 is 10.2 Å². The molecule has 1 atom stereocenters. The third kappa shape index (κ3) is 4.92. The maximum atomic E-state index is 12.0. The van der Waals surface area contributed by atoms with Crippen LogP contribution in [0.1, 0.15) is 5.56 Å². The fourth-order valence-electron chi connectivity index (χ4n) is 2.03. The van der Waals surface area contributed by atoms with Crippen molar-refractivity contribution in [1.82, 2.24) is 0 Å². The zero-order valence-corrected chi connectivity index (χ0v) is 13.7. The summed E-state index contributed by atoms with van der Waals surface area (Å²) in [5.74, 6) is -0.181. The summed E-state index contributed by atoms with van der Waals surface area (Å²) in [5.41, 5.74) is 1.60. The number of likely N-dealkylation sites (N-methyl/N-ethyl adjacent to an activating group) is 1. The Bertz CT molecular complexity index is 742. The van der Waals surface area contributed by atoms with E-state index in [9.17, 15) is 13.2 Å². The van der Waals surface area contributed by atoms with Crippen molar-refractivity contribution in [2.45, 2.75) is 11.4 Å². The summed E-state index contributed by atoms with van der Waals surface area (Å²) < 4.78 is 22.6. The second-order valence-corrected chi connectivity index (χ2v) is 7.40. The van der Waals surface area contributed by atoms with Gasteiger partial charge in [-0.1, -0.05) is 6.07 Å². The van der Waals surface area contributed by atoms with Crippen LogP contribution in [0.5, 0.6) is 0 Å². The maximum Gasteiger partial charge on any atom is 0.279 e. The number of hydrogen-bond donors (Lipinski definition) is 3. The molecule has 0 aliphatic carbocycles. The Morgan fingerprint density at radius 3 is 2.77 bits per heavy atom. The quantitative estimate of drug-likeness (QED) is 0.693. The van der Waals surface area contributed by atoms with Crippen LogP contribution in [0.15, 0.2) is 46.0 Å². The smallest absolute Gasteiger partial charge is 0.279 e. The van der Waals surface area contributed by atoms with Crippen LogP contribution in [0.2, 0.25) is 0 Å². The lowest BCUT2D eigenvalue weighted by Crippen LogP contribution is -3.08. The highest BCUT2D eigenvalue weighted by Crippen LogP contribution is 2.13. The largest absolute Gasteiger partial charge is 0.326 e. The van der Waals surface area contributed by atoms with Gasteiger partial charge in [-0.2, -0.15) is 11.3 Å². The Morgan fingerprint density at radius 1 is 1.36 bits per heavy atom. The minimum Gasteiger partial charge on any atom is -0.326 e. The first-order valence-corrected chi connectivity index (χ1v) is 9.08. The Hall–Kier alpha value is -1.74. The molecule has 1 unspecified atom stereocenters. The number of nitrogens with one attached hydrogen (secondary N) is 2. The number of carbonyl (C=O) groups is 1. The fraction of sp³-hybridized carbons (Fsp3) is 0.214. The predicted octanol–water partition coefficient (Wildman–Crippen LogP) is 0.0489. The van der Waals surface area contributed by atoms with Crippen molar-refractivity contribution >= 4 is 33.0 Å². The average Bonchev–Trinajstić information content (AvgIpc) is 2.90. The van der Waals surface area contributed by atoms with E-state index in [0.29, 0.717) is 5.69 Å². The molecule has 1 amide bonds. The summed E-state index contributed by atoms with van der Waals surface area (Å²) >= 11 is 1.62. The van der Waals surface area contributed by atoms with Crippen molar-refractivity contribution in [3.63, 3.8) is 0 Å². The second kappa shape index (κ2) is 7.01. The minimum atomic E-state index is -3.77. The molecule has 2 rings (SSSR count). The van der Waals surface area contributed by atoms with Crippen LogP contribution in [-0.4, -0.2) is 27.9 Å². The first kappa shape index (κ1) is 16.6. The van der Waals surface area contributed by atoms with Crippen molar-refractivity contribution in [2.24, 2.45) is 5.14 Å². The van der Waals surface area contributed by atoms with E-state index in [0.717, 1.165) is 11.4 Å². The number of amides is 1. The maximum absolute atomic E-state index is 12.0. The molecule has 6 nitrogen and oxygen atoms in total. The Morgan fingerprint density at radius 2 is 2.14 bits per heavy atom. The zero-order chi connectivity index (χ0) is 16.2. The van der Waals surface area contributed by atoms with Gasteiger partial charge in [0.2, 0.25) is 10.0 Å². The monoisotopic (exact) mass is 340 g/mol. The van der Waals surface area contributed by atoms with Crippen LogP contribution in [0.25, 0.3) is 0 Å².